The molecule has 1 aromatic heterocycles. The highest BCUT2D eigenvalue weighted by molar-refractivity contribution is 6.13. The summed E-state index contributed by atoms with van der Waals surface area (Å²) in [5, 5.41) is 1.84. The van der Waals surface area contributed by atoms with Gasteiger partial charge in [-0.05, 0) is 88.4 Å². The molecule has 0 aliphatic heterocycles. The molecule has 0 bridgehead atoms. The summed E-state index contributed by atoms with van der Waals surface area (Å²) in [6.07, 6.45) is 0. The van der Waals surface area contributed by atoms with Crippen LogP contribution in [0.25, 0.3) is 21.8 Å². The molecule has 0 spiro atoms. The number of esters is 1. The van der Waals surface area contributed by atoms with Crippen LogP contribution >= 0.6 is 0 Å². The highest BCUT2D eigenvalue weighted by atomic mass is 16.5. The van der Waals surface area contributed by atoms with E-state index < -0.39 is 0 Å². The summed E-state index contributed by atoms with van der Waals surface area (Å²) in [4.78, 5) is 13.8. The zero-order chi connectivity index (χ0) is 22.6. The average Bonchev–Trinajstić information content (AvgIpc) is 2.73. The molecule has 0 aliphatic carbocycles. The van der Waals surface area contributed by atoms with Crippen molar-refractivity contribution in [1.29, 1.82) is 0 Å². The molecule has 0 atom stereocenters. The second-order valence-electron chi connectivity index (χ2n) is 8.82. The largest absolute Gasteiger partial charge is 0.422 e. The first kappa shape index (κ1) is 21.0. The summed E-state index contributed by atoms with van der Waals surface area (Å²) in [6, 6.07) is 12.5. The third-order valence-corrected chi connectivity index (χ3v) is 6.90. The van der Waals surface area contributed by atoms with E-state index in [0.29, 0.717) is 11.3 Å². The molecule has 0 saturated heterocycles. The molecule has 0 radical (unpaired) electrons. The summed E-state index contributed by atoms with van der Waals surface area (Å²) in [6.45, 7) is 14.5. The minimum Gasteiger partial charge on any atom is -0.422 e. The predicted molar refractivity (Wildman–Crippen MR) is 127 cm³/mol. The minimum atomic E-state index is -0.305. The number of carbonyl (C=O) groups is 1. The Kier molecular flexibility index (Phi) is 5.09. The molecular weight excluding hydrogens is 382 g/mol. The third kappa shape index (κ3) is 3.29. The Bertz CT molecular complexity index is 1300. The Morgan fingerprint density at radius 3 is 1.55 bits per heavy atom. The maximum atomic E-state index is 13.8. The first-order chi connectivity index (χ1) is 14.6. The second-order valence-corrected chi connectivity index (χ2v) is 8.82. The Labute approximate surface area is 184 Å². The summed E-state index contributed by atoms with van der Waals surface area (Å²) in [7, 11) is 2.05. The van der Waals surface area contributed by atoms with Gasteiger partial charge in [-0.1, -0.05) is 23.3 Å². The maximum Gasteiger partial charge on any atom is 0.345 e. The molecule has 0 fully saturated rings. The normalized spacial score (nSPS) is 11.4. The van der Waals surface area contributed by atoms with Gasteiger partial charge in [-0.2, -0.15) is 4.57 Å². The van der Waals surface area contributed by atoms with E-state index in [1.807, 2.05) is 20.9 Å². The topological polar surface area (TPSA) is 30.2 Å². The van der Waals surface area contributed by atoms with Gasteiger partial charge in [0.05, 0.1) is 16.3 Å². The number of ether oxygens (including phenoxy) is 1. The number of hydrogen-bond acceptors (Lipinski definition) is 2. The lowest BCUT2D eigenvalue weighted by atomic mass is 9.94. The molecule has 0 aliphatic rings. The zero-order valence-electron chi connectivity index (χ0n) is 19.7. The number of aryl methyl sites for hydroxylation is 3. The number of rotatable bonds is 2. The molecule has 1 heterocycles. The van der Waals surface area contributed by atoms with Crippen molar-refractivity contribution in [3.8, 4) is 5.75 Å². The Morgan fingerprint density at radius 1 is 0.677 bits per heavy atom. The van der Waals surface area contributed by atoms with Crippen LogP contribution in [0.4, 0.5) is 0 Å². The first-order valence-corrected chi connectivity index (χ1v) is 10.7. The van der Waals surface area contributed by atoms with Gasteiger partial charge in [-0.15, -0.1) is 0 Å². The van der Waals surface area contributed by atoms with Crippen molar-refractivity contribution in [2.24, 2.45) is 7.05 Å². The van der Waals surface area contributed by atoms with E-state index in [1.54, 1.807) is 0 Å². The summed E-state index contributed by atoms with van der Waals surface area (Å²) >= 11 is 0. The lowest BCUT2D eigenvalue weighted by molar-refractivity contribution is -0.617. The standard InChI is InChI=1S/C28H30NO2/c1-15-9-11-24-22(13-15)26(23-14-16(2)10-12-25(23)29(24)8)28(30)31-27-20(6)18(4)17(3)19(5)21(27)7/h9-14H,1-8H3/q+1. The number of pyridine rings is 1. The molecule has 4 rings (SSSR count). The molecule has 3 aromatic carbocycles. The van der Waals surface area contributed by atoms with Gasteiger partial charge in [-0.25, -0.2) is 4.79 Å². The van der Waals surface area contributed by atoms with Crippen LogP contribution in [0.1, 0.15) is 49.3 Å². The number of fused-ring (bicyclic) bond motifs is 2. The minimum absolute atomic E-state index is 0.305. The van der Waals surface area contributed by atoms with Gasteiger partial charge in [0, 0.05) is 12.1 Å². The van der Waals surface area contributed by atoms with Crippen LogP contribution in [0.2, 0.25) is 0 Å². The van der Waals surface area contributed by atoms with E-state index >= 15 is 0 Å². The summed E-state index contributed by atoms with van der Waals surface area (Å²) in [5.74, 6) is 0.376. The third-order valence-electron chi connectivity index (χ3n) is 6.90. The van der Waals surface area contributed by atoms with Crippen LogP contribution in [-0.2, 0) is 7.05 Å². The lowest BCUT2D eigenvalue weighted by Crippen LogP contribution is -2.31. The zero-order valence-corrected chi connectivity index (χ0v) is 19.7. The number of benzene rings is 3. The maximum absolute atomic E-state index is 13.8. The number of aromatic nitrogens is 1. The van der Waals surface area contributed by atoms with Crippen molar-refractivity contribution in [2.75, 3.05) is 0 Å². The molecule has 3 heteroatoms. The van der Waals surface area contributed by atoms with Crippen molar-refractivity contribution in [2.45, 2.75) is 48.5 Å². The van der Waals surface area contributed by atoms with E-state index in [-0.39, 0.29) is 5.97 Å². The van der Waals surface area contributed by atoms with Gasteiger partial charge in [0.1, 0.15) is 12.8 Å². The lowest BCUT2D eigenvalue weighted by Gasteiger charge is -2.19. The quantitative estimate of drug-likeness (QED) is 0.170. The number of nitrogens with zero attached hydrogens (tertiary/aromatic N) is 1. The highest BCUT2D eigenvalue weighted by Crippen LogP contribution is 2.34. The van der Waals surface area contributed by atoms with Gasteiger partial charge in [-0.3, -0.25) is 0 Å². The van der Waals surface area contributed by atoms with Crippen molar-refractivity contribution in [3.05, 3.63) is 80.9 Å². The molecule has 0 unspecified atom stereocenters. The van der Waals surface area contributed by atoms with Gasteiger partial charge < -0.3 is 4.74 Å². The second kappa shape index (κ2) is 7.49. The first-order valence-electron chi connectivity index (χ1n) is 10.7. The van der Waals surface area contributed by atoms with E-state index in [4.69, 9.17) is 4.74 Å². The van der Waals surface area contributed by atoms with Gasteiger partial charge in [0.15, 0.2) is 0 Å². The summed E-state index contributed by atoms with van der Waals surface area (Å²) in [5.41, 5.74) is 10.5. The van der Waals surface area contributed by atoms with Crippen LogP contribution in [0.5, 0.6) is 5.75 Å². The van der Waals surface area contributed by atoms with E-state index in [9.17, 15) is 4.79 Å². The highest BCUT2D eigenvalue weighted by Gasteiger charge is 2.26. The monoisotopic (exact) mass is 412 g/mol. The Morgan fingerprint density at radius 2 is 1.10 bits per heavy atom. The van der Waals surface area contributed by atoms with Crippen LogP contribution in [-0.4, -0.2) is 5.97 Å². The SMILES string of the molecule is Cc1ccc2c(c1)c(C(=O)Oc1c(C)c(C)c(C)c(C)c1C)c1cc(C)ccc1[n+]2C. The molecule has 0 N–H and O–H groups in total. The van der Waals surface area contributed by atoms with Crippen molar-refractivity contribution in [1.82, 2.24) is 0 Å². The predicted octanol–water partition coefficient (Wildman–Crippen LogP) is 6.20. The molecule has 3 nitrogen and oxygen atoms in total. The van der Waals surface area contributed by atoms with Gasteiger partial charge >= 0.3 is 5.97 Å². The van der Waals surface area contributed by atoms with Crippen LogP contribution < -0.4 is 9.30 Å². The average molecular weight is 413 g/mol. The fraction of sp³-hybridized carbons (Fsp3) is 0.286. The van der Waals surface area contributed by atoms with E-state index in [0.717, 1.165) is 44.1 Å². The van der Waals surface area contributed by atoms with Gasteiger partial charge in [0.25, 0.3) is 0 Å². The molecular formula is C28H30NO2+. The van der Waals surface area contributed by atoms with Crippen molar-refractivity contribution in [3.63, 3.8) is 0 Å². The fourth-order valence-electron chi connectivity index (χ4n) is 4.54. The Hall–Kier alpha value is -3.20. The van der Waals surface area contributed by atoms with Crippen LogP contribution in [0, 0.1) is 48.5 Å². The smallest absolute Gasteiger partial charge is 0.345 e. The molecule has 0 amide bonds. The summed E-state index contributed by atoms with van der Waals surface area (Å²) < 4.78 is 8.32. The molecule has 0 saturated carbocycles. The molecule has 158 valence electrons. The van der Waals surface area contributed by atoms with Crippen molar-refractivity contribution < 1.29 is 14.1 Å². The van der Waals surface area contributed by atoms with E-state index in [1.165, 1.54) is 16.7 Å². The Balaban J connectivity index is 2.02. The van der Waals surface area contributed by atoms with Crippen LogP contribution in [0.3, 0.4) is 0 Å². The number of carbonyl (C=O) groups excluding carboxylic acids is 1. The number of hydrogen-bond donors (Lipinski definition) is 0. The van der Waals surface area contributed by atoms with Gasteiger partial charge in [0.2, 0.25) is 11.0 Å². The van der Waals surface area contributed by atoms with E-state index in [2.05, 4.69) is 75.6 Å². The van der Waals surface area contributed by atoms with Crippen molar-refractivity contribution >= 4 is 27.8 Å². The van der Waals surface area contributed by atoms with Crippen LogP contribution in [0.15, 0.2) is 36.4 Å². The molecule has 4 aromatic rings. The molecule has 31 heavy (non-hydrogen) atoms. The fourth-order valence-corrected chi connectivity index (χ4v) is 4.54.